The molecule has 1 heterocycles. The zero-order chi connectivity index (χ0) is 15.8. The smallest absolute Gasteiger partial charge is 0.127 e. The fourth-order valence-corrected chi connectivity index (χ4v) is 3.08. The molecular weight excluding hydrogens is 306 g/mol. The van der Waals surface area contributed by atoms with E-state index in [4.69, 9.17) is 11.5 Å². The van der Waals surface area contributed by atoms with Crippen molar-refractivity contribution in [2.24, 2.45) is 5.73 Å². The molecule has 2 rings (SSSR count). The highest BCUT2D eigenvalue weighted by molar-refractivity contribution is 5.86. The first-order valence-electron chi connectivity index (χ1n) is 8.64. The number of fused-ring (bicyclic) bond motifs is 1. The van der Waals surface area contributed by atoms with Crippen LogP contribution in [0.4, 0.5) is 5.82 Å². The van der Waals surface area contributed by atoms with Gasteiger partial charge in [-0.1, -0.05) is 44.4 Å². The average molecular weight is 336 g/mol. The zero-order valence-electron chi connectivity index (χ0n) is 14.2. The third-order valence-corrected chi connectivity index (χ3v) is 4.30. The van der Waals surface area contributed by atoms with E-state index in [2.05, 4.69) is 30.1 Å². The first-order chi connectivity index (χ1) is 10.8. The molecule has 4 heteroatoms. The van der Waals surface area contributed by atoms with E-state index >= 15 is 0 Å². The molecule has 0 aliphatic rings. The fraction of sp³-hybridized carbons (Fsp3) is 0.526. The molecule has 128 valence electrons. The van der Waals surface area contributed by atoms with Gasteiger partial charge >= 0.3 is 0 Å². The van der Waals surface area contributed by atoms with E-state index < -0.39 is 0 Å². The summed E-state index contributed by atoms with van der Waals surface area (Å²) in [5, 5.41) is 1.27. The molecule has 4 N–H and O–H groups in total. The van der Waals surface area contributed by atoms with Crippen LogP contribution in [0.5, 0.6) is 0 Å². The summed E-state index contributed by atoms with van der Waals surface area (Å²) in [6.45, 7) is 3.01. The molecule has 0 atom stereocenters. The van der Waals surface area contributed by atoms with Crippen molar-refractivity contribution in [3.63, 3.8) is 0 Å². The van der Waals surface area contributed by atoms with Crippen LogP contribution in [0.1, 0.15) is 56.6 Å². The van der Waals surface area contributed by atoms with Crippen LogP contribution in [0.25, 0.3) is 10.9 Å². The summed E-state index contributed by atoms with van der Waals surface area (Å²) in [6, 6.07) is 8.37. The lowest BCUT2D eigenvalue weighted by atomic mass is 9.94. The Balaban J connectivity index is 0.00000264. The summed E-state index contributed by atoms with van der Waals surface area (Å²) in [5.41, 5.74) is 15.6. The highest BCUT2D eigenvalue weighted by atomic mass is 35.5. The Hall–Kier alpha value is -1.32. The van der Waals surface area contributed by atoms with Crippen LogP contribution < -0.4 is 11.5 Å². The van der Waals surface area contributed by atoms with Crippen molar-refractivity contribution in [3.05, 3.63) is 35.4 Å². The fourth-order valence-electron chi connectivity index (χ4n) is 3.08. The number of rotatable bonds is 9. The second kappa shape index (κ2) is 10.5. The van der Waals surface area contributed by atoms with Crippen molar-refractivity contribution in [3.8, 4) is 0 Å². The van der Waals surface area contributed by atoms with Crippen molar-refractivity contribution >= 4 is 29.1 Å². The maximum Gasteiger partial charge on any atom is 0.127 e. The van der Waals surface area contributed by atoms with Crippen molar-refractivity contribution in [1.82, 2.24) is 4.98 Å². The van der Waals surface area contributed by atoms with Crippen molar-refractivity contribution in [2.45, 2.75) is 58.3 Å². The molecule has 0 amide bonds. The standard InChI is InChI=1S/C19H29N3.ClH/c1-2-3-5-12-17-15(10-6-4-9-14-20)16-11-7-8-13-18(16)22-19(17)21;/h7-8,11,13H,2-6,9-10,12,14,20H2,1H3,(H2,21,22);1H. The van der Waals surface area contributed by atoms with Crippen LogP contribution in [0, 0.1) is 0 Å². The van der Waals surface area contributed by atoms with Crippen molar-refractivity contribution in [1.29, 1.82) is 0 Å². The molecule has 0 unspecified atom stereocenters. The molecule has 2 aromatic rings. The van der Waals surface area contributed by atoms with Gasteiger partial charge in [0, 0.05) is 5.39 Å². The second-order valence-corrected chi connectivity index (χ2v) is 6.03. The molecule has 3 nitrogen and oxygen atoms in total. The molecule has 0 bridgehead atoms. The minimum atomic E-state index is 0. The normalized spacial score (nSPS) is 10.7. The van der Waals surface area contributed by atoms with Crippen LogP contribution in [-0.2, 0) is 12.8 Å². The Labute approximate surface area is 146 Å². The van der Waals surface area contributed by atoms with Crippen LogP contribution >= 0.6 is 12.4 Å². The largest absolute Gasteiger partial charge is 0.383 e. The van der Waals surface area contributed by atoms with Gasteiger partial charge in [0.15, 0.2) is 0 Å². The second-order valence-electron chi connectivity index (χ2n) is 6.03. The summed E-state index contributed by atoms with van der Waals surface area (Å²) in [4.78, 5) is 4.62. The molecule has 0 fully saturated rings. The van der Waals surface area contributed by atoms with E-state index in [1.807, 2.05) is 6.07 Å². The molecule has 0 saturated carbocycles. The van der Waals surface area contributed by atoms with E-state index in [1.165, 1.54) is 48.6 Å². The number of aromatic nitrogens is 1. The molecule has 1 aromatic heterocycles. The number of para-hydroxylation sites is 1. The Kier molecular flexibility index (Phi) is 8.97. The number of pyridine rings is 1. The SMILES string of the molecule is CCCCCc1c(N)nc2ccccc2c1CCCCCN.Cl. The van der Waals surface area contributed by atoms with E-state index in [0.717, 1.165) is 37.1 Å². The maximum absolute atomic E-state index is 6.27. The van der Waals surface area contributed by atoms with Gasteiger partial charge < -0.3 is 11.5 Å². The van der Waals surface area contributed by atoms with Crippen LogP contribution in [0.3, 0.4) is 0 Å². The van der Waals surface area contributed by atoms with E-state index in [9.17, 15) is 0 Å². The number of halogens is 1. The van der Waals surface area contributed by atoms with Gasteiger partial charge in [-0.25, -0.2) is 4.98 Å². The monoisotopic (exact) mass is 335 g/mol. The van der Waals surface area contributed by atoms with Gasteiger partial charge in [0.2, 0.25) is 0 Å². The van der Waals surface area contributed by atoms with Crippen LogP contribution in [-0.4, -0.2) is 11.5 Å². The summed E-state index contributed by atoms with van der Waals surface area (Å²) < 4.78 is 0. The summed E-state index contributed by atoms with van der Waals surface area (Å²) in [6.07, 6.45) is 9.25. The number of nitrogen functional groups attached to an aromatic ring is 1. The van der Waals surface area contributed by atoms with Gasteiger partial charge in [-0.15, -0.1) is 12.4 Å². The van der Waals surface area contributed by atoms with Gasteiger partial charge in [-0.2, -0.15) is 0 Å². The van der Waals surface area contributed by atoms with Gasteiger partial charge in [0.05, 0.1) is 5.52 Å². The number of hydrogen-bond acceptors (Lipinski definition) is 3. The number of aryl methyl sites for hydroxylation is 1. The lowest BCUT2D eigenvalue weighted by Crippen LogP contribution is -2.05. The maximum atomic E-state index is 6.27. The van der Waals surface area contributed by atoms with E-state index in [0.29, 0.717) is 0 Å². The minimum absolute atomic E-state index is 0. The molecule has 0 aliphatic heterocycles. The van der Waals surface area contributed by atoms with Gasteiger partial charge in [0.25, 0.3) is 0 Å². The predicted molar refractivity (Wildman–Crippen MR) is 103 cm³/mol. The lowest BCUT2D eigenvalue weighted by molar-refractivity contribution is 0.678. The number of nitrogens with two attached hydrogens (primary N) is 2. The third kappa shape index (κ3) is 5.36. The van der Waals surface area contributed by atoms with Crippen LogP contribution in [0.2, 0.25) is 0 Å². The lowest BCUT2D eigenvalue weighted by Gasteiger charge is -2.15. The first-order valence-corrected chi connectivity index (χ1v) is 8.64. The molecule has 1 aromatic carbocycles. The Morgan fingerprint density at radius 1 is 0.913 bits per heavy atom. The molecule has 0 saturated heterocycles. The minimum Gasteiger partial charge on any atom is -0.383 e. The van der Waals surface area contributed by atoms with Crippen molar-refractivity contribution < 1.29 is 0 Å². The summed E-state index contributed by atoms with van der Waals surface area (Å²) in [5.74, 6) is 0.726. The molecule has 0 spiro atoms. The number of benzene rings is 1. The number of nitrogens with zero attached hydrogens (tertiary/aromatic N) is 1. The Bertz CT molecular complexity index is 598. The number of unbranched alkanes of at least 4 members (excludes halogenated alkanes) is 4. The Morgan fingerprint density at radius 2 is 1.61 bits per heavy atom. The Morgan fingerprint density at radius 3 is 2.35 bits per heavy atom. The first kappa shape index (κ1) is 19.7. The van der Waals surface area contributed by atoms with Gasteiger partial charge in [-0.05, 0) is 55.8 Å². The van der Waals surface area contributed by atoms with Gasteiger partial charge in [-0.3, -0.25) is 0 Å². The summed E-state index contributed by atoms with van der Waals surface area (Å²) >= 11 is 0. The number of hydrogen-bond donors (Lipinski definition) is 2. The van der Waals surface area contributed by atoms with Gasteiger partial charge in [0.1, 0.15) is 5.82 Å². The average Bonchev–Trinajstić information content (AvgIpc) is 2.53. The highest BCUT2D eigenvalue weighted by Crippen LogP contribution is 2.28. The highest BCUT2D eigenvalue weighted by Gasteiger charge is 2.12. The zero-order valence-corrected chi connectivity index (χ0v) is 15.0. The van der Waals surface area contributed by atoms with Crippen LogP contribution in [0.15, 0.2) is 24.3 Å². The molecule has 0 radical (unpaired) electrons. The molecular formula is C19H30ClN3. The predicted octanol–water partition coefficient (Wildman–Crippen LogP) is 4.64. The van der Waals surface area contributed by atoms with Crippen molar-refractivity contribution in [2.75, 3.05) is 12.3 Å². The quantitative estimate of drug-likeness (QED) is 0.656. The molecule has 23 heavy (non-hydrogen) atoms. The molecule has 0 aliphatic carbocycles. The van der Waals surface area contributed by atoms with E-state index in [1.54, 1.807) is 0 Å². The summed E-state index contributed by atoms with van der Waals surface area (Å²) in [7, 11) is 0. The topological polar surface area (TPSA) is 64.9 Å². The third-order valence-electron chi connectivity index (χ3n) is 4.30. The number of anilines is 1. The van der Waals surface area contributed by atoms with E-state index in [-0.39, 0.29) is 12.4 Å².